The Labute approximate surface area is 140 Å². The highest BCUT2D eigenvalue weighted by atomic mass is 35.5. The first-order valence-corrected chi connectivity index (χ1v) is 8.05. The predicted molar refractivity (Wildman–Crippen MR) is 94.4 cm³/mol. The molecule has 0 aliphatic carbocycles. The van der Waals surface area contributed by atoms with Gasteiger partial charge in [0.1, 0.15) is 5.82 Å². The fourth-order valence-electron chi connectivity index (χ4n) is 3.07. The first kappa shape index (κ1) is 14.2. The maximum absolute atomic E-state index is 6.28. The third-order valence-corrected chi connectivity index (χ3v) is 4.40. The molecule has 0 saturated heterocycles. The van der Waals surface area contributed by atoms with Crippen LogP contribution in [0.15, 0.2) is 54.7 Å². The van der Waals surface area contributed by atoms with Crippen molar-refractivity contribution in [3.8, 4) is 11.3 Å². The summed E-state index contributed by atoms with van der Waals surface area (Å²) < 4.78 is 0. The van der Waals surface area contributed by atoms with Gasteiger partial charge in [0.05, 0.1) is 11.4 Å². The van der Waals surface area contributed by atoms with Crippen LogP contribution in [0.5, 0.6) is 0 Å². The lowest BCUT2D eigenvalue weighted by molar-refractivity contribution is 0.909. The van der Waals surface area contributed by atoms with Crippen molar-refractivity contribution in [2.24, 2.45) is 0 Å². The average molecular weight is 322 g/mol. The van der Waals surface area contributed by atoms with E-state index in [9.17, 15) is 0 Å². The molecule has 0 bridgehead atoms. The molecule has 0 fully saturated rings. The van der Waals surface area contributed by atoms with Crippen molar-refractivity contribution >= 4 is 23.0 Å². The summed E-state index contributed by atoms with van der Waals surface area (Å²) in [5.41, 5.74) is 5.56. The van der Waals surface area contributed by atoms with E-state index >= 15 is 0 Å². The van der Waals surface area contributed by atoms with Gasteiger partial charge in [-0.05, 0) is 49.2 Å². The zero-order valence-electron chi connectivity index (χ0n) is 12.8. The lowest BCUT2D eigenvalue weighted by Crippen LogP contribution is -2.19. The summed E-state index contributed by atoms with van der Waals surface area (Å²) in [5, 5.41) is 0.735. The van der Waals surface area contributed by atoms with Gasteiger partial charge in [-0.1, -0.05) is 29.8 Å². The van der Waals surface area contributed by atoms with Gasteiger partial charge in [-0.25, -0.2) is 9.97 Å². The van der Waals surface area contributed by atoms with E-state index in [0.29, 0.717) is 0 Å². The highest BCUT2D eigenvalue weighted by Crippen LogP contribution is 2.40. The molecule has 0 unspecified atom stereocenters. The molecule has 1 aromatic heterocycles. The number of hydrogen-bond acceptors (Lipinski definition) is 3. The van der Waals surface area contributed by atoms with Gasteiger partial charge in [-0.15, -0.1) is 0 Å². The van der Waals surface area contributed by atoms with Crippen molar-refractivity contribution in [1.82, 2.24) is 9.97 Å². The SMILES string of the molecule is Cc1ncc2c(n1)-c1ccc(Cl)cc1N(c1ccccc1)CC2. The van der Waals surface area contributed by atoms with Crippen LogP contribution in [0.2, 0.25) is 5.02 Å². The molecule has 4 rings (SSSR count). The van der Waals surface area contributed by atoms with E-state index in [1.54, 1.807) is 0 Å². The number of para-hydroxylation sites is 1. The minimum Gasteiger partial charge on any atom is -0.341 e. The first-order chi connectivity index (χ1) is 11.2. The van der Waals surface area contributed by atoms with Gasteiger partial charge < -0.3 is 4.90 Å². The maximum atomic E-state index is 6.28. The van der Waals surface area contributed by atoms with E-state index in [0.717, 1.165) is 46.4 Å². The summed E-state index contributed by atoms with van der Waals surface area (Å²) in [4.78, 5) is 11.4. The molecule has 0 amide bonds. The second-order valence-electron chi connectivity index (χ2n) is 5.69. The van der Waals surface area contributed by atoms with Crippen molar-refractivity contribution in [2.75, 3.05) is 11.4 Å². The summed E-state index contributed by atoms with van der Waals surface area (Å²) in [6.07, 6.45) is 2.85. The Morgan fingerprint density at radius 2 is 1.91 bits per heavy atom. The van der Waals surface area contributed by atoms with Crippen LogP contribution in [0.25, 0.3) is 11.3 Å². The number of hydrogen-bond donors (Lipinski definition) is 0. The van der Waals surface area contributed by atoms with Crippen molar-refractivity contribution in [3.05, 3.63) is 71.1 Å². The van der Waals surface area contributed by atoms with Crippen LogP contribution in [0.4, 0.5) is 11.4 Å². The van der Waals surface area contributed by atoms with Crippen LogP contribution in [0, 0.1) is 6.92 Å². The Hall–Kier alpha value is -2.39. The molecule has 0 atom stereocenters. The number of nitrogens with zero attached hydrogens (tertiary/aromatic N) is 3. The zero-order chi connectivity index (χ0) is 15.8. The van der Waals surface area contributed by atoms with Crippen molar-refractivity contribution < 1.29 is 0 Å². The van der Waals surface area contributed by atoms with Gasteiger partial charge in [0.15, 0.2) is 0 Å². The molecule has 1 aliphatic heterocycles. The Kier molecular flexibility index (Phi) is 3.50. The van der Waals surface area contributed by atoms with Crippen LogP contribution in [0.1, 0.15) is 11.4 Å². The average Bonchev–Trinajstić information content (AvgIpc) is 2.72. The molecule has 0 N–H and O–H groups in total. The normalized spacial score (nSPS) is 13.2. The summed E-state index contributed by atoms with van der Waals surface area (Å²) >= 11 is 6.28. The summed E-state index contributed by atoms with van der Waals surface area (Å²) in [7, 11) is 0. The van der Waals surface area contributed by atoms with Crippen molar-refractivity contribution in [3.63, 3.8) is 0 Å². The molecule has 114 valence electrons. The number of anilines is 2. The van der Waals surface area contributed by atoms with E-state index in [1.807, 2.05) is 31.3 Å². The number of rotatable bonds is 1. The maximum Gasteiger partial charge on any atom is 0.125 e. The lowest BCUT2D eigenvalue weighted by atomic mass is 10.0. The molecule has 3 aromatic rings. The molecular formula is C19H16ClN3. The van der Waals surface area contributed by atoms with Crippen molar-refractivity contribution in [2.45, 2.75) is 13.3 Å². The first-order valence-electron chi connectivity index (χ1n) is 7.67. The standard InChI is InChI=1S/C19H16ClN3/c1-13-21-12-14-9-10-23(16-5-3-2-4-6-16)18-11-15(20)7-8-17(18)19(14)22-13/h2-8,11-12H,9-10H2,1H3. The molecule has 23 heavy (non-hydrogen) atoms. The van der Waals surface area contributed by atoms with E-state index in [1.165, 1.54) is 5.56 Å². The van der Waals surface area contributed by atoms with Gasteiger partial charge >= 0.3 is 0 Å². The van der Waals surface area contributed by atoms with E-state index < -0.39 is 0 Å². The second kappa shape index (κ2) is 5.67. The number of benzene rings is 2. The van der Waals surface area contributed by atoms with Crippen LogP contribution in [-0.4, -0.2) is 16.5 Å². The zero-order valence-corrected chi connectivity index (χ0v) is 13.6. The minimum atomic E-state index is 0.735. The largest absolute Gasteiger partial charge is 0.341 e. The molecule has 0 saturated carbocycles. The topological polar surface area (TPSA) is 29.0 Å². The molecule has 3 nitrogen and oxygen atoms in total. The Bertz CT molecular complexity index is 862. The number of fused-ring (bicyclic) bond motifs is 3. The van der Waals surface area contributed by atoms with Crippen LogP contribution >= 0.6 is 11.6 Å². The fraction of sp³-hybridized carbons (Fsp3) is 0.158. The van der Waals surface area contributed by atoms with Crippen LogP contribution in [0.3, 0.4) is 0 Å². The van der Waals surface area contributed by atoms with Gasteiger partial charge in [0, 0.05) is 29.0 Å². The summed E-state index contributed by atoms with van der Waals surface area (Å²) in [6.45, 7) is 2.80. The Morgan fingerprint density at radius 3 is 2.74 bits per heavy atom. The summed E-state index contributed by atoms with van der Waals surface area (Å²) in [5.74, 6) is 0.790. The smallest absolute Gasteiger partial charge is 0.125 e. The highest BCUT2D eigenvalue weighted by molar-refractivity contribution is 6.31. The van der Waals surface area contributed by atoms with E-state index in [4.69, 9.17) is 16.6 Å². The van der Waals surface area contributed by atoms with Crippen LogP contribution < -0.4 is 4.90 Å². The number of aromatic nitrogens is 2. The molecule has 0 radical (unpaired) electrons. The second-order valence-corrected chi connectivity index (χ2v) is 6.13. The number of aryl methyl sites for hydroxylation is 1. The lowest BCUT2D eigenvalue weighted by Gasteiger charge is -2.25. The molecular weight excluding hydrogens is 306 g/mol. The molecule has 1 aliphatic rings. The minimum absolute atomic E-state index is 0.735. The van der Waals surface area contributed by atoms with E-state index in [-0.39, 0.29) is 0 Å². The highest BCUT2D eigenvalue weighted by Gasteiger charge is 2.22. The number of halogens is 1. The fourth-order valence-corrected chi connectivity index (χ4v) is 3.23. The molecule has 0 spiro atoms. The monoisotopic (exact) mass is 321 g/mol. The predicted octanol–water partition coefficient (Wildman–Crippen LogP) is 4.80. The Balaban J connectivity index is 1.95. The van der Waals surface area contributed by atoms with Crippen LogP contribution in [-0.2, 0) is 6.42 Å². The third kappa shape index (κ3) is 2.57. The Morgan fingerprint density at radius 1 is 1.09 bits per heavy atom. The summed E-state index contributed by atoms with van der Waals surface area (Å²) in [6, 6.07) is 16.4. The van der Waals surface area contributed by atoms with Gasteiger partial charge in [0.25, 0.3) is 0 Å². The van der Waals surface area contributed by atoms with Gasteiger partial charge in [-0.2, -0.15) is 0 Å². The molecule has 2 aromatic carbocycles. The van der Waals surface area contributed by atoms with Gasteiger partial charge in [0.2, 0.25) is 0 Å². The molecule has 4 heteroatoms. The van der Waals surface area contributed by atoms with E-state index in [2.05, 4.69) is 40.2 Å². The third-order valence-electron chi connectivity index (χ3n) is 4.16. The van der Waals surface area contributed by atoms with Gasteiger partial charge in [-0.3, -0.25) is 0 Å². The quantitative estimate of drug-likeness (QED) is 0.644. The van der Waals surface area contributed by atoms with Crippen molar-refractivity contribution in [1.29, 1.82) is 0 Å². The molecule has 2 heterocycles.